The minimum Gasteiger partial charge on any atom is -0.423 e. The van der Waals surface area contributed by atoms with E-state index in [-0.39, 0.29) is 5.69 Å². The van der Waals surface area contributed by atoms with Crippen molar-refractivity contribution in [2.75, 3.05) is 5.32 Å². The fraction of sp³-hybridized carbons (Fsp3) is 0.0455. The zero-order valence-corrected chi connectivity index (χ0v) is 16.1. The Labute approximate surface area is 172 Å². The lowest BCUT2D eigenvalue weighted by Gasteiger charge is -2.08. The van der Waals surface area contributed by atoms with Gasteiger partial charge >= 0.3 is 5.97 Å². The molecular formula is C22H18N4O4. The van der Waals surface area contributed by atoms with Gasteiger partial charge in [0, 0.05) is 29.1 Å². The average molecular weight is 402 g/mol. The molecule has 150 valence electrons. The van der Waals surface area contributed by atoms with Crippen LogP contribution in [0.5, 0.6) is 5.75 Å². The second kappa shape index (κ2) is 9.24. The lowest BCUT2D eigenvalue weighted by atomic mass is 10.2. The van der Waals surface area contributed by atoms with Gasteiger partial charge in [-0.05, 0) is 67.6 Å². The largest absolute Gasteiger partial charge is 0.423 e. The van der Waals surface area contributed by atoms with Crippen LogP contribution < -0.4 is 10.1 Å². The smallest absolute Gasteiger partial charge is 0.338 e. The summed E-state index contributed by atoms with van der Waals surface area (Å²) in [6.07, 6.45) is 0. The van der Waals surface area contributed by atoms with Crippen molar-refractivity contribution in [2.24, 2.45) is 10.2 Å². The topological polar surface area (TPSA) is 106 Å². The van der Waals surface area contributed by atoms with E-state index in [0.29, 0.717) is 22.7 Å². The normalized spacial score (nSPS) is 10.6. The number of hydrogen-bond acceptors (Lipinski definition) is 7. The number of ether oxygens (including phenoxy) is 1. The summed E-state index contributed by atoms with van der Waals surface area (Å²) < 4.78 is 5.16. The third-order valence-corrected chi connectivity index (χ3v) is 3.91. The maximum Gasteiger partial charge on any atom is 0.338 e. The number of nitrogens with zero attached hydrogens (tertiary/aromatic N) is 3. The summed E-state index contributed by atoms with van der Waals surface area (Å²) in [7, 11) is 0. The number of nitro benzene ring substituents is 1. The number of azo groups is 1. The highest BCUT2D eigenvalue weighted by atomic mass is 16.6. The maximum absolute atomic E-state index is 11.5. The first-order valence-corrected chi connectivity index (χ1v) is 8.92. The first-order valence-electron chi connectivity index (χ1n) is 8.92. The van der Waals surface area contributed by atoms with E-state index < -0.39 is 10.9 Å². The molecule has 0 heterocycles. The molecule has 0 amide bonds. The predicted molar refractivity (Wildman–Crippen MR) is 114 cm³/mol. The van der Waals surface area contributed by atoms with Crippen LogP contribution in [0.1, 0.15) is 6.92 Å². The zero-order chi connectivity index (χ0) is 21.5. The van der Waals surface area contributed by atoms with Gasteiger partial charge in [0.15, 0.2) is 0 Å². The van der Waals surface area contributed by atoms with Crippen molar-refractivity contribution in [1.82, 2.24) is 0 Å². The number of esters is 1. The van der Waals surface area contributed by atoms with E-state index in [0.717, 1.165) is 11.4 Å². The molecule has 30 heavy (non-hydrogen) atoms. The number of carbonyl (C=O) groups is 1. The van der Waals surface area contributed by atoms with Gasteiger partial charge in [-0.3, -0.25) is 10.1 Å². The van der Waals surface area contributed by atoms with Gasteiger partial charge in [0.25, 0.3) is 5.69 Å². The molecule has 1 N–H and O–H groups in total. The molecule has 0 saturated heterocycles. The van der Waals surface area contributed by atoms with Gasteiger partial charge in [0.2, 0.25) is 0 Å². The fourth-order valence-corrected chi connectivity index (χ4v) is 2.34. The molecule has 0 bridgehead atoms. The van der Waals surface area contributed by atoms with Crippen molar-refractivity contribution in [2.45, 2.75) is 6.92 Å². The molecule has 0 saturated carbocycles. The molecule has 0 radical (unpaired) electrons. The van der Waals surface area contributed by atoms with Crippen molar-refractivity contribution in [1.29, 1.82) is 0 Å². The molecular weight excluding hydrogens is 384 g/mol. The summed E-state index contributed by atoms with van der Waals surface area (Å²) in [6.45, 7) is 5.14. The number of non-ortho nitro benzene ring substituents is 1. The van der Waals surface area contributed by atoms with E-state index in [1.165, 1.54) is 24.3 Å². The lowest BCUT2D eigenvalue weighted by Crippen LogP contribution is -2.07. The third-order valence-electron chi connectivity index (χ3n) is 3.91. The van der Waals surface area contributed by atoms with E-state index in [4.69, 9.17) is 4.74 Å². The van der Waals surface area contributed by atoms with Crippen molar-refractivity contribution in [3.05, 3.63) is 95.1 Å². The van der Waals surface area contributed by atoms with Gasteiger partial charge < -0.3 is 10.1 Å². The van der Waals surface area contributed by atoms with E-state index >= 15 is 0 Å². The van der Waals surface area contributed by atoms with Gasteiger partial charge in [-0.25, -0.2) is 4.79 Å². The molecule has 3 aromatic rings. The van der Waals surface area contributed by atoms with Gasteiger partial charge in [-0.15, -0.1) is 0 Å². The van der Waals surface area contributed by atoms with Gasteiger partial charge in [0.1, 0.15) is 5.75 Å². The van der Waals surface area contributed by atoms with Crippen LogP contribution in [0.4, 0.5) is 28.4 Å². The van der Waals surface area contributed by atoms with E-state index in [1.807, 2.05) is 12.1 Å². The molecule has 3 rings (SSSR count). The summed E-state index contributed by atoms with van der Waals surface area (Å²) in [5.74, 6) is -0.0234. The first-order chi connectivity index (χ1) is 14.4. The maximum atomic E-state index is 11.5. The fourth-order valence-electron chi connectivity index (χ4n) is 2.34. The molecule has 3 aromatic carbocycles. The Morgan fingerprint density at radius 1 is 0.900 bits per heavy atom. The Hall–Kier alpha value is -4.33. The molecule has 0 atom stereocenters. The average Bonchev–Trinajstić information content (AvgIpc) is 2.75. The van der Waals surface area contributed by atoms with Crippen molar-refractivity contribution in [3.63, 3.8) is 0 Å². The predicted octanol–water partition coefficient (Wildman–Crippen LogP) is 6.24. The monoisotopic (exact) mass is 402 g/mol. The van der Waals surface area contributed by atoms with Crippen molar-refractivity contribution < 1.29 is 14.5 Å². The zero-order valence-electron chi connectivity index (χ0n) is 16.1. The van der Waals surface area contributed by atoms with Crippen LogP contribution in [-0.4, -0.2) is 10.9 Å². The van der Waals surface area contributed by atoms with E-state index in [1.54, 1.807) is 43.3 Å². The Morgan fingerprint density at radius 3 is 1.83 bits per heavy atom. The molecule has 8 heteroatoms. The molecule has 0 fully saturated rings. The number of anilines is 2. The molecule has 0 unspecified atom stereocenters. The Bertz CT molecular complexity index is 1090. The lowest BCUT2D eigenvalue weighted by molar-refractivity contribution is -0.384. The minimum atomic E-state index is -0.464. The Balaban J connectivity index is 1.59. The SMILES string of the molecule is C=C(C)C(=O)Oc1ccc(Nc2ccc(N=Nc3ccc([N+](=O)[O-])cc3)cc2)cc1. The number of benzene rings is 3. The summed E-state index contributed by atoms with van der Waals surface area (Å²) >= 11 is 0. The molecule has 0 spiro atoms. The van der Waals surface area contributed by atoms with Gasteiger partial charge in [-0.1, -0.05) is 6.58 Å². The molecule has 0 aliphatic rings. The van der Waals surface area contributed by atoms with Crippen molar-refractivity contribution in [3.8, 4) is 5.75 Å². The van der Waals surface area contributed by atoms with Crippen molar-refractivity contribution >= 4 is 34.4 Å². The van der Waals surface area contributed by atoms with Gasteiger partial charge in [-0.2, -0.15) is 10.2 Å². The first kappa shape index (κ1) is 20.4. The summed E-state index contributed by atoms with van der Waals surface area (Å²) in [6, 6.07) is 20.1. The summed E-state index contributed by atoms with van der Waals surface area (Å²) in [5, 5.41) is 22.1. The highest BCUT2D eigenvalue weighted by Crippen LogP contribution is 2.24. The van der Waals surface area contributed by atoms with Crippen LogP contribution in [0.2, 0.25) is 0 Å². The minimum absolute atomic E-state index is 0.00592. The second-order valence-corrected chi connectivity index (χ2v) is 6.34. The number of nitro groups is 1. The summed E-state index contributed by atoms with van der Waals surface area (Å²) in [5.41, 5.74) is 3.17. The highest BCUT2D eigenvalue weighted by molar-refractivity contribution is 5.88. The van der Waals surface area contributed by atoms with Gasteiger partial charge in [0.05, 0.1) is 16.3 Å². The highest BCUT2D eigenvalue weighted by Gasteiger charge is 2.05. The van der Waals surface area contributed by atoms with Crippen LogP contribution in [-0.2, 0) is 4.79 Å². The van der Waals surface area contributed by atoms with Crippen LogP contribution in [0, 0.1) is 10.1 Å². The standard InChI is InChI=1S/C22H18N4O4/c1-15(2)22(27)30-21-13-9-17(10-14-21)23-16-3-5-18(6-4-16)24-25-19-7-11-20(12-8-19)26(28)29/h3-14,23H,1H2,2H3. The number of rotatable bonds is 7. The molecule has 0 aromatic heterocycles. The van der Waals surface area contributed by atoms with Crippen LogP contribution >= 0.6 is 0 Å². The molecule has 0 aliphatic heterocycles. The van der Waals surface area contributed by atoms with E-state index in [2.05, 4.69) is 22.1 Å². The van der Waals surface area contributed by atoms with Crippen LogP contribution in [0.15, 0.2) is 95.2 Å². The quantitative estimate of drug-likeness (QED) is 0.126. The molecule has 0 aliphatic carbocycles. The number of nitrogens with one attached hydrogen (secondary N) is 1. The van der Waals surface area contributed by atoms with Crippen LogP contribution in [0.3, 0.4) is 0 Å². The Morgan fingerprint density at radius 2 is 1.37 bits per heavy atom. The number of hydrogen-bond donors (Lipinski definition) is 1. The number of carbonyl (C=O) groups excluding carboxylic acids is 1. The third kappa shape index (κ3) is 5.59. The van der Waals surface area contributed by atoms with E-state index in [9.17, 15) is 14.9 Å². The van der Waals surface area contributed by atoms with Crippen LogP contribution in [0.25, 0.3) is 0 Å². The Kier molecular flexibility index (Phi) is 6.29. The molecule has 8 nitrogen and oxygen atoms in total. The summed E-state index contributed by atoms with van der Waals surface area (Å²) in [4.78, 5) is 21.7. The second-order valence-electron chi connectivity index (χ2n) is 6.34.